The summed E-state index contributed by atoms with van der Waals surface area (Å²) in [6.45, 7) is 1.86. The van der Waals surface area contributed by atoms with Gasteiger partial charge >= 0.3 is 0 Å². The van der Waals surface area contributed by atoms with Gasteiger partial charge in [0, 0.05) is 16.1 Å². The Kier molecular flexibility index (Phi) is 4.81. The number of rotatable bonds is 4. The zero-order valence-electron chi connectivity index (χ0n) is 15.1. The molecule has 3 N–H and O–H groups in total. The molecule has 0 aliphatic rings. The van der Waals surface area contributed by atoms with Gasteiger partial charge in [-0.15, -0.1) is 11.3 Å². The van der Waals surface area contributed by atoms with Crippen LogP contribution in [0.1, 0.15) is 25.7 Å². The first-order valence-corrected chi connectivity index (χ1v) is 9.69. The molecular weight excluding hydrogens is 415 g/mol. The minimum absolute atomic E-state index is 0.274. The van der Waals surface area contributed by atoms with Crippen LogP contribution < -0.4 is 11.1 Å². The number of anilines is 1. The van der Waals surface area contributed by atoms with Crippen LogP contribution in [0.4, 0.5) is 10.1 Å². The Bertz CT molecular complexity index is 1280. The van der Waals surface area contributed by atoms with Crippen LogP contribution in [0.2, 0.25) is 5.02 Å². The molecule has 0 aliphatic carbocycles. The summed E-state index contributed by atoms with van der Waals surface area (Å²) in [6.07, 6.45) is 0. The number of carbonyl (C=O) groups is 2. The van der Waals surface area contributed by atoms with Crippen molar-refractivity contribution in [3.8, 4) is 5.69 Å². The molecule has 0 saturated heterocycles. The molecule has 2 aromatic carbocycles. The molecular formula is C20H14ClFN4O2S. The zero-order valence-corrected chi connectivity index (χ0v) is 16.6. The van der Waals surface area contributed by atoms with E-state index >= 15 is 0 Å². The summed E-state index contributed by atoms with van der Waals surface area (Å²) in [4.78, 5) is 25.2. The fraction of sp³-hybridized carbons (Fsp3) is 0.0500. The molecule has 4 rings (SSSR count). The van der Waals surface area contributed by atoms with Crippen molar-refractivity contribution in [1.82, 2.24) is 9.78 Å². The van der Waals surface area contributed by atoms with Crippen LogP contribution in [-0.4, -0.2) is 21.6 Å². The van der Waals surface area contributed by atoms with Crippen LogP contribution in [-0.2, 0) is 0 Å². The quantitative estimate of drug-likeness (QED) is 0.500. The number of nitrogens with zero attached hydrogens (tertiary/aromatic N) is 2. The third kappa shape index (κ3) is 3.59. The van der Waals surface area contributed by atoms with Crippen molar-refractivity contribution in [3.05, 3.63) is 75.5 Å². The molecule has 0 saturated carbocycles. The maximum absolute atomic E-state index is 13.6. The number of fused-ring (bicyclic) bond motifs is 1. The van der Waals surface area contributed by atoms with Crippen LogP contribution in [0, 0.1) is 12.7 Å². The zero-order chi connectivity index (χ0) is 20.7. The number of aromatic nitrogens is 2. The number of benzene rings is 2. The number of nitrogens with two attached hydrogens (primary N) is 1. The molecule has 0 radical (unpaired) electrons. The van der Waals surface area contributed by atoms with E-state index in [9.17, 15) is 14.0 Å². The second-order valence-electron chi connectivity index (χ2n) is 6.32. The van der Waals surface area contributed by atoms with Crippen LogP contribution >= 0.6 is 22.9 Å². The van der Waals surface area contributed by atoms with E-state index in [1.807, 2.05) is 19.1 Å². The second kappa shape index (κ2) is 7.31. The Morgan fingerprint density at radius 1 is 1.21 bits per heavy atom. The van der Waals surface area contributed by atoms with Gasteiger partial charge in [-0.1, -0.05) is 17.7 Å². The van der Waals surface area contributed by atoms with E-state index in [1.54, 1.807) is 22.9 Å². The summed E-state index contributed by atoms with van der Waals surface area (Å²) in [5.74, 6) is -2.03. The Morgan fingerprint density at radius 2 is 2.00 bits per heavy atom. The van der Waals surface area contributed by atoms with E-state index < -0.39 is 11.7 Å². The minimum Gasteiger partial charge on any atom is -0.366 e. The van der Waals surface area contributed by atoms with Crippen molar-refractivity contribution in [1.29, 1.82) is 0 Å². The number of thiophene rings is 1. The maximum Gasteiger partial charge on any atom is 0.265 e. The summed E-state index contributed by atoms with van der Waals surface area (Å²) in [6, 6.07) is 12.7. The number of hydrogen-bond donors (Lipinski definition) is 2. The molecule has 2 aromatic heterocycles. The van der Waals surface area contributed by atoms with Gasteiger partial charge < -0.3 is 11.1 Å². The van der Waals surface area contributed by atoms with E-state index in [2.05, 4.69) is 10.4 Å². The highest BCUT2D eigenvalue weighted by molar-refractivity contribution is 7.20. The first kappa shape index (κ1) is 19.1. The first-order chi connectivity index (χ1) is 13.8. The summed E-state index contributed by atoms with van der Waals surface area (Å²) in [7, 11) is 0. The monoisotopic (exact) mass is 428 g/mol. The third-order valence-corrected chi connectivity index (χ3v) is 5.66. The molecule has 0 bridgehead atoms. The topological polar surface area (TPSA) is 90.0 Å². The van der Waals surface area contributed by atoms with Crippen molar-refractivity contribution in [2.75, 3.05) is 5.32 Å². The Morgan fingerprint density at radius 3 is 2.72 bits per heavy atom. The van der Waals surface area contributed by atoms with E-state index in [0.29, 0.717) is 9.90 Å². The Labute approximate surface area is 173 Å². The number of aryl methyl sites for hydroxylation is 1. The number of hydrogen-bond acceptors (Lipinski definition) is 4. The normalized spacial score (nSPS) is 11.0. The maximum atomic E-state index is 13.6. The SMILES string of the molecule is Cc1nn(-c2cccc(Cl)c2)c2sc(C(=O)Nc3ccc(F)c(C(N)=O)c3)cc12. The summed E-state index contributed by atoms with van der Waals surface area (Å²) in [5, 5.41) is 8.62. The van der Waals surface area contributed by atoms with Gasteiger partial charge in [-0.3, -0.25) is 9.59 Å². The van der Waals surface area contributed by atoms with Crippen LogP contribution in [0.15, 0.2) is 48.5 Å². The molecule has 0 fully saturated rings. The standard InChI is InChI=1S/C20H14ClFN4O2S/c1-10-14-9-17(19(28)24-12-5-6-16(22)15(8-12)18(23)27)29-20(14)26(25-10)13-4-2-3-11(21)7-13/h2-9H,1H3,(H2,23,27)(H,24,28). The van der Waals surface area contributed by atoms with Crippen molar-refractivity contribution >= 4 is 50.7 Å². The predicted molar refractivity (Wildman–Crippen MR) is 112 cm³/mol. The second-order valence-corrected chi connectivity index (χ2v) is 7.79. The molecule has 6 nitrogen and oxygen atoms in total. The van der Waals surface area contributed by atoms with Gasteiger partial charge in [-0.05, 0) is 49.4 Å². The number of carbonyl (C=O) groups excluding carboxylic acids is 2. The van der Waals surface area contributed by atoms with Crippen molar-refractivity contribution < 1.29 is 14.0 Å². The smallest absolute Gasteiger partial charge is 0.265 e. The van der Waals surface area contributed by atoms with Gasteiger partial charge in [-0.25, -0.2) is 9.07 Å². The van der Waals surface area contributed by atoms with Gasteiger partial charge in [0.25, 0.3) is 11.8 Å². The first-order valence-electron chi connectivity index (χ1n) is 8.49. The van der Waals surface area contributed by atoms with Crippen LogP contribution in [0.3, 0.4) is 0 Å². The van der Waals surface area contributed by atoms with Gasteiger partial charge in [0.1, 0.15) is 10.6 Å². The van der Waals surface area contributed by atoms with Gasteiger partial charge in [-0.2, -0.15) is 5.10 Å². The third-order valence-electron chi connectivity index (χ3n) is 4.31. The Balaban J connectivity index is 1.68. The predicted octanol–water partition coefficient (Wildman–Crippen LogP) is 4.54. The molecule has 9 heteroatoms. The van der Waals surface area contributed by atoms with Gasteiger partial charge in [0.2, 0.25) is 0 Å². The summed E-state index contributed by atoms with van der Waals surface area (Å²) < 4.78 is 15.4. The molecule has 0 spiro atoms. The summed E-state index contributed by atoms with van der Waals surface area (Å²) >= 11 is 7.35. The van der Waals surface area contributed by atoms with E-state index in [-0.39, 0.29) is 17.2 Å². The minimum atomic E-state index is -0.905. The fourth-order valence-corrected chi connectivity index (χ4v) is 4.19. The van der Waals surface area contributed by atoms with E-state index in [4.69, 9.17) is 17.3 Å². The number of nitrogens with one attached hydrogen (secondary N) is 1. The lowest BCUT2D eigenvalue weighted by molar-refractivity contribution is 0.0993. The number of amides is 2. The average molecular weight is 429 g/mol. The van der Waals surface area contributed by atoms with Crippen molar-refractivity contribution in [2.24, 2.45) is 5.73 Å². The lowest BCUT2D eigenvalue weighted by atomic mass is 10.1. The largest absolute Gasteiger partial charge is 0.366 e. The van der Waals surface area contributed by atoms with E-state index in [0.717, 1.165) is 27.7 Å². The molecule has 29 heavy (non-hydrogen) atoms. The fourth-order valence-electron chi connectivity index (χ4n) is 2.93. The Hall–Kier alpha value is -3.23. The average Bonchev–Trinajstić information content (AvgIpc) is 3.24. The number of primary amides is 1. The molecule has 2 amide bonds. The summed E-state index contributed by atoms with van der Waals surface area (Å²) in [5.41, 5.74) is 6.70. The van der Waals surface area contributed by atoms with Crippen molar-refractivity contribution in [2.45, 2.75) is 6.92 Å². The molecule has 4 aromatic rings. The highest BCUT2D eigenvalue weighted by Gasteiger charge is 2.18. The highest BCUT2D eigenvalue weighted by atomic mass is 35.5. The molecule has 0 aliphatic heterocycles. The van der Waals surface area contributed by atoms with E-state index in [1.165, 1.54) is 23.5 Å². The van der Waals surface area contributed by atoms with Crippen LogP contribution in [0.25, 0.3) is 15.9 Å². The van der Waals surface area contributed by atoms with Gasteiger partial charge in [0.05, 0.1) is 21.8 Å². The van der Waals surface area contributed by atoms with Gasteiger partial charge in [0.15, 0.2) is 0 Å². The molecule has 146 valence electrons. The molecule has 2 heterocycles. The molecule has 0 atom stereocenters. The lowest BCUT2D eigenvalue weighted by Crippen LogP contribution is -2.15. The molecule has 0 unspecified atom stereocenters. The van der Waals surface area contributed by atoms with Crippen LogP contribution in [0.5, 0.6) is 0 Å². The van der Waals surface area contributed by atoms with Crippen molar-refractivity contribution in [3.63, 3.8) is 0 Å². The highest BCUT2D eigenvalue weighted by Crippen LogP contribution is 2.31. The number of halogens is 2. The lowest BCUT2D eigenvalue weighted by Gasteiger charge is -2.06.